The largest absolute Gasteiger partial charge is 0.381 e. The molecule has 1 atom stereocenters. The fraction of sp³-hybridized carbons (Fsp3) is 0.611. The molecule has 0 aliphatic carbocycles. The van der Waals surface area contributed by atoms with E-state index < -0.39 is 0 Å². The number of hydrogen-bond donors (Lipinski definition) is 1. The average Bonchev–Trinajstić information content (AvgIpc) is 3.09. The monoisotopic (exact) mass is 318 g/mol. The van der Waals surface area contributed by atoms with E-state index in [2.05, 4.69) is 16.3 Å². The van der Waals surface area contributed by atoms with E-state index in [0.29, 0.717) is 12.5 Å². The molecular formula is C18H26N2O3. The Kier molecular flexibility index (Phi) is 5.65. The van der Waals surface area contributed by atoms with Crippen LogP contribution in [-0.2, 0) is 16.0 Å². The van der Waals surface area contributed by atoms with Crippen LogP contribution in [0.2, 0.25) is 0 Å². The summed E-state index contributed by atoms with van der Waals surface area (Å²) in [5.41, 5.74) is 3.00. The van der Waals surface area contributed by atoms with E-state index in [0.717, 1.165) is 63.6 Å². The van der Waals surface area contributed by atoms with Gasteiger partial charge in [0.2, 0.25) is 0 Å². The second-order valence-electron chi connectivity index (χ2n) is 6.48. The van der Waals surface area contributed by atoms with Crippen molar-refractivity contribution in [3.05, 3.63) is 34.9 Å². The van der Waals surface area contributed by atoms with E-state index in [1.165, 1.54) is 5.56 Å². The molecule has 5 nitrogen and oxygen atoms in total. The summed E-state index contributed by atoms with van der Waals surface area (Å²) >= 11 is 0. The summed E-state index contributed by atoms with van der Waals surface area (Å²) in [6, 6.07) is 6.20. The van der Waals surface area contributed by atoms with Crippen LogP contribution in [0.15, 0.2) is 18.2 Å². The van der Waals surface area contributed by atoms with Gasteiger partial charge in [0.25, 0.3) is 5.91 Å². The molecule has 2 saturated heterocycles. The van der Waals surface area contributed by atoms with Crippen molar-refractivity contribution in [3.8, 4) is 0 Å². The average molecular weight is 318 g/mol. The van der Waals surface area contributed by atoms with Crippen LogP contribution in [0.1, 0.15) is 27.9 Å². The number of aryl methyl sites for hydroxylation is 1. The molecule has 1 N–H and O–H groups in total. The quantitative estimate of drug-likeness (QED) is 0.896. The number of ether oxygens (including phenoxy) is 2. The number of nitrogens with zero attached hydrogens (tertiary/aromatic N) is 1. The van der Waals surface area contributed by atoms with Crippen LogP contribution in [0.5, 0.6) is 0 Å². The van der Waals surface area contributed by atoms with E-state index in [4.69, 9.17) is 9.47 Å². The van der Waals surface area contributed by atoms with Gasteiger partial charge in [-0.3, -0.25) is 9.69 Å². The molecule has 2 aliphatic heterocycles. The minimum Gasteiger partial charge on any atom is -0.381 e. The molecule has 0 aromatic heterocycles. The predicted molar refractivity (Wildman–Crippen MR) is 88.5 cm³/mol. The first-order chi connectivity index (χ1) is 11.2. The molecular weight excluding hydrogens is 292 g/mol. The van der Waals surface area contributed by atoms with Crippen LogP contribution in [-0.4, -0.2) is 56.9 Å². The maximum atomic E-state index is 12.5. The Balaban J connectivity index is 1.60. The third-order valence-corrected chi connectivity index (χ3v) is 4.63. The molecule has 126 valence electrons. The lowest BCUT2D eigenvalue weighted by atomic mass is 10.0. The Labute approximate surface area is 137 Å². The Morgan fingerprint density at radius 1 is 1.26 bits per heavy atom. The zero-order valence-corrected chi connectivity index (χ0v) is 13.8. The van der Waals surface area contributed by atoms with Gasteiger partial charge in [0.15, 0.2) is 0 Å². The van der Waals surface area contributed by atoms with Gasteiger partial charge < -0.3 is 14.8 Å². The summed E-state index contributed by atoms with van der Waals surface area (Å²) in [5.74, 6) is 0.481. The molecule has 0 bridgehead atoms. The van der Waals surface area contributed by atoms with Crippen LogP contribution < -0.4 is 5.32 Å². The van der Waals surface area contributed by atoms with E-state index in [1.54, 1.807) is 0 Å². The number of nitrogens with one attached hydrogen (secondary N) is 1. The van der Waals surface area contributed by atoms with Crippen molar-refractivity contribution in [1.29, 1.82) is 0 Å². The summed E-state index contributed by atoms with van der Waals surface area (Å²) in [4.78, 5) is 14.8. The second-order valence-corrected chi connectivity index (χ2v) is 6.48. The number of carbonyl (C=O) groups is 1. The minimum atomic E-state index is 0.0261. The zero-order chi connectivity index (χ0) is 16.1. The van der Waals surface area contributed by atoms with E-state index in [9.17, 15) is 4.79 Å². The van der Waals surface area contributed by atoms with E-state index in [-0.39, 0.29) is 5.91 Å². The maximum absolute atomic E-state index is 12.5. The third-order valence-electron chi connectivity index (χ3n) is 4.63. The molecule has 1 aromatic carbocycles. The first-order valence-corrected chi connectivity index (χ1v) is 8.48. The van der Waals surface area contributed by atoms with Crippen LogP contribution in [0.3, 0.4) is 0 Å². The Morgan fingerprint density at radius 2 is 2.09 bits per heavy atom. The van der Waals surface area contributed by atoms with E-state index >= 15 is 0 Å². The van der Waals surface area contributed by atoms with E-state index in [1.807, 2.05) is 19.1 Å². The first-order valence-electron chi connectivity index (χ1n) is 8.48. The SMILES string of the molecule is Cc1ccc(CN2CCOCC2)cc1C(=O)NCC1CCOC1. The number of morpholine rings is 1. The highest BCUT2D eigenvalue weighted by atomic mass is 16.5. The zero-order valence-electron chi connectivity index (χ0n) is 13.8. The molecule has 1 unspecified atom stereocenters. The summed E-state index contributed by atoms with van der Waals surface area (Å²) in [7, 11) is 0. The van der Waals surface area contributed by atoms with Gasteiger partial charge in [-0.1, -0.05) is 12.1 Å². The van der Waals surface area contributed by atoms with Gasteiger partial charge in [0.1, 0.15) is 0 Å². The van der Waals surface area contributed by atoms with Gasteiger partial charge in [-0.25, -0.2) is 0 Å². The Bertz CT molecular complexity index is 535. The fourth-order valence-corrected chi connectivity index (χ4v) is 3.11. The lowest BCUT2D eigenvalue weighted by Gasteiger charge is -2.26. The van der Waals surface area contributed by atoms with Gasteiger partial charge in [0, 0.05) is 44.3 Å². The number of hydrogen-bond acceptors (Lipinski definition) is 4. The Hall–Kier alpha value is -1.43. The number of benzene rings is 1. The van der Waals surface area contributed by atoms with Crippen molar-refractivity contribution in [2.45, 2.75) is 19.9 Å². The molecule has 0 saturated carbocycles. The minimum absolute atomic E-state index is 0.0261. The number of carbonyl (C=O) groups excluding carboxylic acids is 1. The Morgan fingerprint density at radius 3 is 2.83 bits per heavy atom. The number of rotatable bonds is 5. The predicted octanol–water partition coefficient (Wildman–Crippen LogP) is 1.59. The smallest absolute Gasteiger partial charge is 0.251 e. The van der Waals surface area contributed by atoms with Crippen LogP contribution >= 0.6 is 0 Å². The fourth-order valence-electron chi connectivity index (χ4n) is 3.11. The first kappa shape index (κ1) is 16.4. The molecule has 23 heavy (non-hydrogen) atoms. The highest BCUT2D eigenvalue weighted by Crippen LogP contribution is 2.15. The van der Waals surface area contributed by atoms with Gasteiger partial charge in [-0.2, -0.15) is 0 Å². The molecule has 2 fully saturated rings. The highest BCUT2D eigenvalue weighted by molar-refractivity contribution is 5.95. The van der Waals surface area contributed by atoms with Gasteiger partial charge in [-0.15, -0.1) is 0 Å². The number of amides is 1. The lowest BCUT2D eigenvalue weighted by molar-refractivity contribution is 0.0342. The second kappa shape index (κ2) is 7.90. The molecule has 0 radical (unpaired) electrons. The molecule has 2 heterocycles. The molecule has 2 aliphatic rings. The van der Waals surface area contributed by atoms with Crippen LogP contribution in [0.25, 0.3) is 0 Å². The summed E-state index contributed by atoms with van der Waals surface area (Å²) in [5, 5.41) is 3.06. The van der Waals surface area contributed by atoms with Crippen LogP contribution in [0, 0.1) is 12.8 Å². The van der Waals surface area contributed by atoms with Crippen molar-refractivity contribution in [1.82, 2.24) is 10.2 Å². The van der Waals surface area contributed by atoms with Crippen LogP contribution in [0.4, 0.5) is 0 Å². The van der Waals surface area contributed by atoms with Gasteiger partial charge >= 0.3 is 0 Å². The van der Waals surface area contributed by atoms with Gasteiger partial charge in [-0.05, 0) is 30.5 Å². The summed E-state index contributed by atoms with van der Waals surface area (Å²) in [6.07, 6.45) is 1.04. The van der Waals surface area contributed by atoms with Crippen molar-refractivity contribution in [3.63, 3.8) is 0 Å². The molecule has 0 spiro atoms. The topological polar surface area (TPSA) is 50.8 Å². The normalized spacial score (nSPS) is 22.2. The third kappa shape index (κ3) is 4.53. The summed E-state index contributed by atoms with van der Waals surface area (Å²) < 4.78 is 10.7. The lowest BCUT2D eigenvalue weighted by Crippen LogP contribution is -2.35. The summed E-state index contributed by atoms with van der Waals surface area (Å²) in [6.45, 7) is 8.64. The van der Waals surface area contributed by atoms with Crippen molar-refractivity contribution in [2.75, 3.05) is 46.1 Å². The standard InChI is InChI=1S/C18H26N2O3/c1-14-2-3-15(12-20-5-8-22-9-6-20)10-17(14)18(21)19-11-16-4-7-23-13-16/h2-3,10,16H,4-9,11-13H2,1H3,(H,19,21). The molecule has 1 aromatic rings. The van der Waals surface area contributed by atoms with Crippen molar-refractivity contribution >= 4 is 5.91 Å². The highest BCUT2D eigenvalue weighted by Gasteiger charge is 2.18. The molecule has 5 heteroatoms. The molecule has 1 amide bonds. The molecule has 3 rings (SSSR count). The van der Waals surface area contributed by atoms with Gasteiger partial charge in [0.05, 0.1) is 19.8 Å². The van der Waals surface area contributed by atoms with Crippen molar-refractivity contribution < 1.29 is 14.3 Å². The van der Waals surface area contributed by atoms with Crippen molar-refractivity contribution in [2.24, 2.45) is 5.92 Å². The maximum Gasteiger partial charge on any atom is 0.251 e.